The molecular formula is C13H13ClN2S. The van der Waals surface area contributed by atoms with Crippen LogP contribution in [0.25, 0.3) is 0 Å². The Morgan fingerprint density at radius 2 is 2.12 bits per heavy atom. The highest BCUT2D eigenvalue weighted by atomic mass is 35.5. The van der Waals surface area contributed by atoms with E-state index < -0.39 is 0 Å². The van der Waals surface area contributed by atoms with E-state index in [-0.39, 0.29) is 0 Å². The second-order valence-electron chi connectivity index (χ2n) is 3.62. The smallest absolute Gasteiger partial charge is 0.0562 e. The van der Waals surface area contributed by atoms with Gasteiger partial charge in [0.15, 0.2) is 0 Å². The summed E-state index contributed by atoms with van der Waals surface area (Å²) in [7, 11) is 0. The minimum Gasteiger partial charge on any atom is -0.398 e. The second-order valence-corrected chi connectivity index (χ2v) is 5.13. The molecule has 4 heteroatoms. The molecule has 0 aliphatic carbocycles. The predicted octanol–water partition coefficient (Wildman–Crippen LogP) is 3.65. The van der Waals surface area contributed by atoms with Gasteiger partial charge >= 0.3 is 0 Å². The lowest BCUT2D eigenvalue weighted by molar-refractivity contribution is 1.11. The molecule has 88 valence electrons. The third-order valence-corrected chi connectivity index (χ3v) is 3.94. The molecule has 0 aliphatic rings. The Balaban J connectivity index is 1.95. The first-order valence-electron chi connectivity index (χ1n) is 5.33. The van der Waals surface area contributed by atoms with E-state index in [4.69, 9.17) is 17.3 Å². The van der Waals surface area contributed by atoms with E-state index in [1.807, 2.05) is 30.5 Å². The first-order valence-corrected chi connectivity index (χ1v) is 6.69. The molecule has 0 aliphatic heterocycles. The summed E-state index contributed by atoms with van der Waals surface area (Å²) in [4.78, 5) is 5.06. The van der Waals surface area contributed by atoms with E-state index in [1.165, 1.54) is 5.56 Å². The fourth-order valence-corrected chi connectivity index (χ4v) is 2.82. The highest BCUT2D eigenvalue weighted by molar-refractivity contribution is 7.99. The van der Waals surface area contributed by atoms with Gasteiger partial charge in [-0.25, -0.2) is 0 Å². The predicted molar refractivity (Wildman–Crippen MR) is 74.5 cm³/mol. The number of rotatable bonds is 4. The van der Waals surface area contributed by atoms with Crippen LogP contribution in [0.15, 0.2) is 47.6 Å². The average molecular weight is 265 g/mol. The third-order valence-electron chi connectivity index (χ3n) is 2.36. The first-order chi connectivity index (χ1) is 8.27. The van der Waals surface area contributed by atoms with Crippen molar-refractivity contribution in [3.63, 3.8) is 0 Å². The summed E-state index contributed by atoms with van der Waals surface area (Å²) >= 11 is 7.78. The van der Waals surface area contributed by atoms with E-state index in [0.717, 1.165) is 27.8 Å². The van der Waals surface area contributed by atoms with Crippen LogP contribution >= 0.6 is 23.4 Å². The maximum Gasteiger partial charge on any atom is 0.0562 e. The molecule has 2 rings (SSSR count). The van der Waals surface area contributed by atoms with Crippen LogP contribution in [0.5, 0.6) is 0 Å². The van der Waals surface area contributed by atoms with Gasteiger partial charge < -0.3 is 5.73 Å². The highest BCUT2D eigenvalue weighted by Crippen LogP contribution is 2.32. The summed E-state index contributed by atoms with van der Waals surface area (Å²) in [6, 6.07) is 9.62. The average Bonchev–Trinajstić information content (AvgIpc) is 2.34. The van der Waals surface area contributed by atoms with Crippen molar-refractivity contribution in [1.82, 2.24) is 4.98 Å². The number of pyridine rings is 1. The van der Waals surface area contributed by atoms with Gasteiger partial charge in [-0.05, 0) is 30.2 Å². The number of halogens is 1. The summed E-state index contributed by atoms with van der Waals surface area (Å²) in [6.07, 6.45) is 4.63. The topological polar surface area (TPSA) is 38.9 Å². The molecule has 17 heavy (non-hydrogen) atoms. The number of nitrogens with two attached hydrogens (primary N) is 1. The first kappa shape index (κ1) is 12.3. The van der Waals surface area contributed by atoms with Gasteiger partial charge in [0.25, 0.3) is 0 Å². The molecule has 2 nitrogen and oxygen atoms in total. The molecule has 2 N–H and O–H groups in total. The van der Waals surface area contributed by atoms with E-state index >= 15 is 0 Å². The number of nitrogens with zero attached hydrogens (tertiary/aromatic N) is 1. The molecular weight excluding hydrogens is 252 g/mol. The van der Waals surface area contributed by atoms with E-state index in [9.17, 15) is 0 Å². The standard InChI is InChI=1S/C13H13ClN2S/c14-11-4-1-5-12(15)13(11)17-8-6-10-3-2-7-16-9-10/h1-5,7,9H,6,8,15H2. The van der Waals surface area contributed by atoms with Crippen molar-refractivity contribution in [2.75, 3.05) is 11.5 Å². The maximum atomic E-state index is 6.10. The monoisotopic (exact) mass is 264 g/mol. The molecule has 0 bridgehead atoms. The van der Waals surface area contributed by atoms with Crippen LogP contribution in [0, 0.1) is 0 Å². The van der Waals surface area contributed by atoms with Gasteiger partial charge in [-0.2, -0.15) is 0 Å². The molecule has 0 radical (unpaired) electrons. The van der Waals surface area contributed by atoms with Crippen LogP contribution < -0.4 is 5.73 Å². The van der Waals surface area contributed by atoms with Gasteiger partial charge in [0.2, 0.25) is 0 Å². The number of aromatic nitrogens is 1. The molecule has 0 saturated heterocycles. The Labute approximate surface area is 110 Å². The highest BCUT2D eigenvalue weighted by Gasteiger charge is 2.04. The molecule has 0 atom stereocenters. The van der Waals surface area contributed by atoms with Gasteiger partial charge in [-0.3, -0.25) is 4.98 Å². The number of nitrogen functional groups attached to an aromatic ring is 1. The van der Waals surface area contributed by atoms with Gasteiger partial charge in [-0.1, -0.05) is 23.7 Å². The summed E-state index contributed by atoms with van der Waals surface area (Å²) in [5.74, 6) is 0.944. The Morgan fingerprint density at radius 1 is 1.24 bits per heavy atom. The fourth-order valence-electron chi connectivity index (χ4n) is 1.49. The Morgan fingerprint density at radius 3 is 2.82 bits per heavy atom. The molecule has 0 amide bonds. The Hall–Kier alpha value is -1.19. The molecule has 0 unspecified atom stereocenters. The van der Waals surface area contributed by atoms with Crippen molar-refractivity contribution in [2.24, 2.45) is 0 Å². The molecule has 0 fully saturated rings. The molecule has 1 aromatic heterocycles. The zero-order chi connectivity index (χ0) is 12.1. The van der Waals surface area contributed by atoms with Gasteiger partial charge in [0, 0.05) is 28.7 Å². The minimum absolute atomic E-state index is 0.723. The van der Waals surface area contributed by atoms with Crippen LogP contribution in [-0.4, -0.2) is 10.7 Å². The number of hydrogen-bond acceptors (Lipinski definition) is 3. The fraction of sp³-hybridized carbons (Fsp3) is 0.154. The van der Waals surface area contributed by atoms with Crippen molar-refractivity contribution >= 4 is 29.1 Å². The SMILES string of the molecule is Nc1cccc(Cl)c1SCCc1cccnc1. The number of thioether (sulfide) groups is 1. The zero-order valence-electron chi connectivity index (χ0n) is 9.27. The Bertz CT molecular complexity index is 468. The van der Waals surface area contributed by atoms with Gasteiger partial charge in [0.1, 0.15) is 0 Å². The van der Waals surface area contributed by atoms with Gasteiger partial charge in [0.05, 0.1) is 5.02 Å². The number of anilines is 1. The van der Waals surface area contributed by atoms with E-state index in [0.29, 0.717) is 0 Å². The van der Waals surface area contributed by atoms with Gasteiger partial charge in [-0.15, -0.1) is 11.8 Å². The second kappa shape index (κ2) is 5.94. The van der Waals surface area contributed by atoms with Crippen molar-refractivity contribution in [2.45, 2.75) is 11.3 Å². The molecule has 1 heterocycles. The van der Waals surface area contributed by atoms with Crippen LogP contribution in [0.2, 0.25) is 5.02 Å². The van der Waals surface area contributed by atoms with Crippen molar-refractivity contribution in [3.05, 3.63) is 53.3 Å². The van der Waals surface area contributed by atoms with Crippen LogP contribution in [0.1, 0.15) is 5.56 Å². The molecule has 0 spiro atoms. The summed E-state index contributed by atoms with van der Waals surface area (Å²) in [5.41, 5.74) is 7.85. The summed E-state index contributed by atoms with van der Waals surface area (Å²) in [5, 5.41) is 0.723. The lowest BCUT2D eigenvalue weighted by atomic mass is 10.2. The van der Waals surface area contributed by atoms with Crippen LogP contribution in [-0.2, 0) is 6.42 Å². The van der Waals surface area contributed by atoms with Crippen molar-refractivity contribution in [3.8, 4) is 0 Å². The van der Waals surface area contributed by atoms with Crippen LogP contribution in [0.4, 0.5) is 5.69 Å². The maximum absolute atomic E-state index is 6.10. The van der Waals surface area contributed by atoms with Crippen molar-refractivity contribution < 1.29 is 0 Å². The summed E-state index contributed by atoms with van der Waals surface area (Å²) < 4.78 is 0. The Kier molecular flexibility index (Phi) is 4.29. The number of benzene rings is 1. The van der Waals surface area contributed by atoms with Crippen molar-refractivity contribution in [1.29, 1.82) is 0 Å². The number of aryl methyl sites for hydroxylation is 1. The van der Waals surface area contributed by atoms with E-state index in [1.54, 1.807) is 18.0 Å². The minimum atomic E-state index is 0.723. The molecule has 2 aromatic rings. The van der Waals surface area contributed by atoms with Crippen LogP contribution in [0.3, 0.4) is 0 Å². The molecule has 0 saturated carbocycles. The normalized spacial score (nSPS) is 10.4. The quantitative estimate of drug-likeness (QED) is 0.677. The lowest BCUT2D eigenvalue weighted by Crippen LogP contribution is -1.93. The zero-order valence-corrected chi connectivity index (χ0v) is 10.8. The lowest BCUT2D eigenvalue weighted by Gasteiger charge is -2.07. The largest absolute Gasteiger partial charge is 0.398 e. The third kappa shape index (κ3) is 3.38. The molecule has 1 aromatic carbocycles. The number of hydrogen-bond donors (Lipinski definition) is 1. The summed E-state index contributed by atoms with van der Waals surface area (Å²) in [6.45, 7) is 0. The van der Waals surface area contributed by atoms with E-state index in [2.05, 4.69) is 11.1 Å².